The van der Waals surface area contributed by atoms with Gasteiger partial charge in [0.05, 0.1) is 0 Å². The highest BCUT2D eigenvalue weighted by molar-refractivity contribution is 6.37. The van der Waals surface area contributed by atoms with Crippen molar-refractivity contribution >= 4 is 70.4 Å². The van der Waals surface area contributed by atoms with Gasteiger partial charge in [-0.15, -0.1) is 0 Å². The second-order valence-corrected chi connectivity index (χ2v) is 8.82. The molecule has 34 heavy (non-hydrogen) atoms. The topological polar surface area (TPSA) is 58.2 Å². The third-order valence-corrected chi connectivity index (χ3v) is 6.08. The number of amides is 2. The Kier molecular flexibility index (Phi) is 9.61. The Morgan fingerprint density at radius 3 is 1.24 bits per heavy atom. The van der Waals surface area contributed by atoms with E-state index in [1.54, 1.807) is 48.6 Å². The second kappa shape index (κ2) is 12.6. The highest BCUT2D eigenvalue weighted by atomic mass is 35.5. The zero-order valence-corrected chi connectivity index (χ0v) is 20.8. The predicted molar refractivity (Wildman–Crippen MR) is 141 cm³/mol. The monoisotopic (exact) mass is 532 g/mol. The highest BCUT2D eigenvalue weighted by Crippen LogP contribution is 2.26. The Labute approximate surface area is 218 Å². The van der Waals surface area contributed by atoms with E-state index in [2.05, 4.69) is 10.6 Å². The lowest BCUT2D eigenvalue weighted by Gasteiger charge is -2.06. The van der Waals surface area contributed by atoms with Gasteiger partial charge in [-0.2, -0.15) is 0 Å². The van der Waals surface area contributed by atoms with Gasteiger partial charge in [-0.1, -0.05) is 82.8 Å². The molecule has 0 unspecified atom stereocenters. The molecule has 3 rings (SSSR count). The summed E-state index contributed by atoms with van der Waals surface area (Å²) in [5.74, 6) is -0.532. The first-order chi connectivity index (χ1) is 16.3. The maximum Gasteiger partial charge on any atom is 0.244 e. The molecule has 0 heterocycles. The van der Waals surface area contributed by atoms with E-state index in [4.69, 9.17) is 46.4 Å². The molecule has 174 valence electrons. The molecule has 8 heteroatoms. The van der Waals surface area contributed by atoms with Crippen LogP contribution in [0.25, 0.3) is 12.2 Å². The average Bonchev–Trinajstić information content (AvgIpc) is 2.81. The zero-order chi connectivity index (χ0) is 24.5. The summed E-state index contributed by atoms with van der Waals surface area (Å²) in [6, 6.07) is 17.9. The molecule has 3 aromatic rings. The largest absolute Gasteiger partial charge is 0.348 e. The van der Waals surface area contributed by atoms with E-state index in [-0.39, 0.29) is 11.8 Å². The van der Waals surface area contributed by atoms with Crippen molar-refractivity contribution < 1.29 is 9.59 Å². The smallest absolute Gasteiger partial charge is 0.244 e. The lowest BCUT2D eigenvalue weighted by atomic mass is 10.1. The minimum Gasteiger partial charge on any atom is -0.348 e. The molecule has 0 aliphatic carbocycles. The lowest BCUT2D eigenvalue weighted by molar-refractivity contribution is -0.117. The number of benzene rings is 3. The number of hydrogen-bond acceptors (Lipinski definition) is 2. The van der Waals surface area contributed by atoms with Gasteiger partial charge in [-0.3, -0.25) is 9.59 Å². The molecule has 2 amide bonds. The summed E-state index contributed by atoms with van der Waals surface area (Å²) in [4.78, 5) is 24.2. The molecule has 0 spiro atoms. The molecule has 3 aromatic carbocycles. The van der Waals surface area contributed by atoms with Gasteiger partial charge < -0.3 is 10.6 Å². The average molecular weight is 534 g/mol. The van der Waals surface area contributed by atoms with Gasteiger partial charge in [0.1, 0.15) is 0 Å². The summed E-state index contributed by atoms with van der Waals surface area (Å²) in [5.41, 5.74) is 3.02. The van der Waals surface area contributed by atoms with Crippen LogP contribution >= 0.6 is 46.4 Å². The van der Waals surface area contributed by atoms with Crippen molar-refractivity contribution in [3.63, 3.8) is 0 Å². The van der Waals surface area contributed by atoms with Crippen molar-refractivity contribution in [1.82, 2.24) is 10.6 Å². The van der Waals surface area contributed by atoms with Crippen LogP contribution in [0.5, 0.6) is 0 Å². The first-order valence-electron chi connectivity index (χ1n) is 10.2. The van der Waals surface area contributed by atoms with Crippen molar-refractivity contribution in [2.45, 2.75) is 13.1 Å². The summed E-state index contributed by atoms with van der Waals surface area (Å²) in [6.45, 7) is 0.709. The van der Waals surface area contributed by atoms with Gasteiger partial charge in [0.25, 0.3) is 0 Å². The fourth-order valence-electron chi connectivity index (χ4n) is 2.93. The van der Waals surface area contributed by atoms with Gasteiger partial charge in [-0.05, 0) is 47.5 Å². The summed E-state index contributed by atoms with van der Waals surface area (Å²) < 4.78 is 0. The fraction of sp³-hybridized carbons (Fsp3) is 0.0769. The molecule has 0 fully saturated rings. The maximum absolute atomic E-state index is 12.1. The molecule has 0 saturated heterocycles. The van der Waals surface area contributed by atoms with E-state index >= 15 is 0 Å². The molecule has 0 bridgehead atoms. The molecule has 0 radical (unpaired) electrons. The van der Waals surface area contributed by atoms with E-state index in [1.165, 1.54) is 12.2 Å². The third-order valence-electron chi connectivity index (χ3n) is 4.76. The Morgan fingerprint density at radius 1 is 0.588 bits per heavy atom. The molecule has 0 aromatic heterocycles. The summed E-state index contributed by atoms with van der Waals surface area (Å²) in [5, 5.41) is 7.51. The third kappa shape index (κ3) is 7.64. The van der Waals surface area contributed by atoms with Crippen LogP contribution in [-0.2, 0) is 22.7 Å². The number of carbonyl (C=O) groups excluding carboxylic acids is 2. The van der Waals surface area contributed by atoms with E-state index in [0.717, 1.165) is 11.1 Å². The second-order valence-electron chi connectivity index (χ2n) is 7.19. The normalized spacial score (nSPS) is 11.2. The molecule has 0 aliphatic heterocycles. The highest BCUT2D eigenvalue weighted by Gasteiger charge is 2.05. The van der Waals surface area contributed by atoms with Gasteiger partial charge in [0, 0.05) is 56.5 Å². The standard InChI is InChI=1S/C26H20Cl4N2O2/c27-21-3-1-4-22(28)19(21)11-13-25(33)31-15-17-7-9-18(10-8-17)16-32-26(34)14-12-20-23(29)5-2-6-24(20)30/h1-14H,15-16H2,(H,31,33)(H,32,34). The van der Waals surface area contributed by atoms with Crippen LogP contribution in [0, 0.1) is 0 Å². The van der Waals surface area contributed by atoms with Crippen molar-refractivity contribution in [3.8, 4) is 0 Å². The Balaban J connectivity index is 1.46. The number of nitrogens with one attached hydrogen (secondary N) is 2. The molecule has 0 atom stereocenters. The van der Waals surface area contributed by atoms with E-state index in [9.17, 15) is 9.59 Å². The van der Waals surface area contributed by atoms with Crippen LogP contribution in [-0.4, -0.2) is 11.8 Å². The molecular weight excluding hydrogens is 514 g/mol. The Morgan fingerprint density at radius 2 is 0.912 bits per heavy atom. The number of carbonyl (C=O) groups is 2. The SMILES string of the molecule is O=C(C=Cc1c(Cl)cccc1Cl)NCc1ccc(CNC(=O)C=Cc2c(Cl)cccc2Cl)cc1. The Hall–Kier alpha value is -2.76. The van der Waals surface area contributed by atoms with Crippen LogP contribution in [0.4, 0.5) is 0 Å². The van der Waals surface area contributed by atoms with Gasteiger partial charge >= 0.3 is 0 Å². The maximum atomic E-state index is 12.1. The van der Waals surface area contributed by atoms with Crippen molar-refractivity contribution in [1.29, 1.82) is 0 Å². The number of hydrogen-bond donors (Lipinski definition) is 2. The number of rotatable bonds is 8. The minimum atomic E-state index is -0.266. The first kappa shape index (κ1) is 25.9. The van der Waals surface area contributed by atoms with Crippen LogP contribution < -0.4 is 10.6 Å². The quantitative estimate of drug-likeness (QED) is 0.307. The van der Waals surface area contributed by atoms with Crippen molar-refractivity contribution in [2.24, 2.45) is 0 Å². The van der Waals surface area contributed by atoms with E-state index in [0.29, 0.717) is 44.3 Å². The van der Waals surface area contributed by atoms with Gasteiger partial charge in [0.15, 0.2) is 0 Å². The lowest BCUT2D eigenvalue weighted by Crippen LogP contribution is -2.21. The summed E-state index contributed by atoms with van der Waals surface area (Å²) >= 11 is 24.4. The molecule has 0 aliphatic rings. The van der Waals surface area contributed by atoms with Crippen LogP contribution in [0.15, 0.2) is 72.8 Å². The molecule has 0 saturated carbocycles. The summed E-state index contributed by atoms with van der Waals surface area (Å²) in [7, 11) is 0. The minimum absolute atomic E-state index is 0.266. The Bertz CT molecular complexity index is 1100. The first-order valence-corrected chi connectivity index (χ1v) is 11.7. The number of halogens is 4. The fourth-order valence-corrected chi connectivity index (χ4v) is 3.98. The van der Waals surface area contributed by atoms with Crippen molar-refractivity contribution in [3.05, 3.63) is 115 Å². The molecular formula is C26H20Cl4N2O2. The van der Waals surface area contributed by atoms with Gasteiger partial charge in [0.2, 0.25) is 11.8 Å². The van der Waals surface area contributed by atoms with E-state index < -0.39 is 0 Å². The van der Waals surface area contributed by atoms with Crippen molar-refractivity contribution in [2.75, 3.05) is 0 Å². The van der Waals surface area contributed by atoms with Crippen LogP contribution in [0.1, 0.15) is 22.3 Å². The van der Waals surface area contributed by atoms with Crippen LogP contribution in [0.2, 0.25) is 20.1 Å². The van der Waals surface area contributed by atoms with Crippen LogP contribution in [0.3, 0.4) is 0 Å². The van der Waals surface area contributed by atoms with Gasteiger partial charge in [-0.25, -0.2) is 0 Å². The zero-order valence-electron chi connectivity index (χ0n) is 17.8. The van der Waals surface area contributed by atoms with E-state index in [1.807, 2.05) is 24.3 Å². The molecule has 2 N–H and O–H groups in total. The molecule has 4 nitrogen and oxygen atoms in total. The summed E-state index contributed by atoms with van der Waals surface area (Å²) in [6.07, 6.45) is 5.94. The predicted octanol–water partition coefficient (Wildman–Crippen LogP) is 6.96.